The first-order chi connectivity index (χ1) is 13.8. The molecule has 1 amide bonds. The Morgan fingerprint density at radius 3 is 2.62 bits per heavy atom. The van der Waals surface area contributed by atoms with E-state index < -0.39 is 15.9 Å². The second-order valence-corrected chi connectivity index (χ2v) is 8.29. The minimum absolute atomic E-state index is 0.00713. The van der Waals surface area contributed by atoms with E-state index in [2.05, 4.69) is 17.1 Å². The van der Waals surface area contributed by atoms with Crippen LogP contribution in [0.5, 0.6) is 0 Å². The fourth-order valence-corrected chi connectivity index (χ4v) is 4.57. The third kappa shape index (κ3) is 4.33. The van der Waals surface area contributed by atoms with Crippen molar-refractivity contribution >= 4 is 38.9 Å². The Balaban J connectivity index is 2.00. The van der Waals surface area contributed by atoms with Gasteiger partial charge in [-0.25, -0.2) is 8.42 Å². The molecule has 0 aliphatic carbocycles. The number of halogens is 1. The minimum Gasteiger partial charge on any atom is -0.359 e. The number of benzene rings is 2. The summed E-state index contributed by atoms with van der Waals surface area (Å²) in [5.74, 6) is -0.0826. The van der Waals surface area contributed by atoms with Gasteiger partial charge in [0.05, 0.1) is 23.5 Å². The Hall–Kier alpha value is -3.10. The Morgan fingerprint density at radius 2 is 2.00 bits per heavy atom. The van der Waals surface area contributed by atoms with Crippen molar-refractivity contribution in [1.82, 2.24) is 5.16 Å². The maximum absolute atomic E-state index is 13.3. The Labute approximate surface area is 173 Å². The highest BCUT2D eigenvalue weighted by Crippen LogP contribution is 2.29. The lowest BCUT2D eigenvalue weighted by atomic mass is 10.2. The molecule has 0 atom stereocenters. The molecule has 7 nitrogen and oxygen atoms in total. The van der Waals surface area contributed by atoms with Crippen LogP contribution < -0.4 is 9.62 Å². The number of hydrogen-bond donors (Lipinski definition) is 1. The van der Waals surface area contributed by atoms with Crippen LogP contribution in [0, 0.1) is 6.92 Å². The van der Waals surface area contributed by atoms with Crippen molar-refractivity contribution in [1.29, 1.82) is 0 Å². The van der Waals surface area contributed by atoms with Crippen molar-refractivity contribution in [2.75, 3.05) is 16.2 Å². The number of nitrogens with one attached hydrogen (secondary N) is 1. The summed E-state index contributed by atoms with van der Waals surface area (Å²) in [5, 5.41) is 6.23. The summed E-state index contributed by atoms with van der Waals surface area (Å²) in [4.78, 5) is 12.4. The molecule has 1 N–H and O–H groups in total. The first-order valence-corrected chi connectivity index (χ1v) is 10.4. The van der Waals surface area contributed by atoms with Gasteiger partial charge in [0.1, 0.15) is 10.6 Å². The molecule has 2 aromatic carbocycles. The lowest BCUT2D eigenvalue weighted by Crippen LogP contribution is -2.31. The Bertz CT molecular complexity index is 1140. The lowest BCUT2D eigenvalue weighted by Gasteiger charge is -2.24. The van der Waals surface area contributed by atoms with Gasteiger partial charge in [0, 0.05) is 5.56 Å². The van der Waals surface area contributed by atoms with Crippen molar-refractivity contribution in [2.45, 2.75) is 11.8 Å². The number of nitrogens with zero attached hydrogens (tertiary/aromatic N) is 2. The second kappa shape index (κ2) is 8.50. The molecule has 9 heteroatoms. The summed E-state index contributed by atoms with van der Waals surface area (Å²) < 4.78 is 32.7. The average molecular weight is 432 g/mol. The molecule has 3 rings (SSSR count). The SMILES string of the molecule is C=CCN(c1ccccc1)S(=O)(=O)c1cc(C(=O)Nc2cnoc2C)ccc1Cl. The van der Waals surface area contributed by atoms with E-state index in [-0.39, 0.29) is 22.0 Å². The van der Waals surface area contributed by atoms with Crippen LogP contribution in [0.3, 0.4) is 0 Å². The molecule has 0 radical (unpaired) electrons. The summed E-state index contributed by atoms with van der Waals surface area (Å²) >= 11 is 6.20. The number of aromatic nitrogens is 1. The van der Waals surface area contributed by atoms with Crippen molar-refractivity contribution in [3.05, 3.63) is 83.7 Å². The Morgan fingerprint density at radius 1 is 1.28 bits per heavy atom. The third-order valence-corrected chi connectivity index (χ3v) is 6.37. The van der Waals surface area contributed by atoms with Crippen molar-refractivity contribution in [3.63, 3.8) is 0 Å². The van der Waals surface area contributed by atoms with Gasteiger partial charge in [-0.15, -0.1) is 6.58 Å². The predicted molar refractivity (Wildman–Crippen MR) is 112 cm³/mol. The summed E-state index contributed by atoms with van der Waals surface area (Å²) in [6.07, 6.45) is 2.84. The molecule has 0 fully saturated rings. The molecule has 150 valence electrons. The monoisotopic (exact) mass is 431 g/mol. The van der Waals surface area contributed by atoms with E-state index in [0.29, 0.717) is 17.1 Å². The van der Waals surface area contributed by atoms with Gasteiger partial charge in [-0.1, -0.05) is 41.0 Å². The number of hydrogen-bond acceptors (Lipinski definition) is 5. The quantitative estimate of drug-likeness (QED) is 0.564. The van der Waals surface area contributed by atoms with E-state index in [1.54, 1.807) is 37.3 Å². The zero-order chi connectivity index (χ0) is 21.0. The van der Waals surface area contributed by atoms with Crippen LogP contribution in [0.15, 0.2) is 76.8 Å². The zero-order valence-electron chi connectivity index (χ0n) is 15.5. The molecule has 0 spiro atoms. The molecule has 1 aromatic heterocycles. The number of carbonyl (C=O) groups excluding carboxylic acids is 1. The number of carbonyl (C=O) groups is 1. The van der Waals surface area contributed by atoms with Gasteiger partial charge in [0.2, 0.25) is 0 Å². The molecule has 3 aromatic rings. The molecule has 0 saturated carbocycles. The van der Waals surface area contributed by atoms with Crippen LogP contribution in [0.2, 0.25) is 5.02 Å². The zero-order valence-corrected chi connectivity index (χ0v) is 17.1. The third-order valence-electron chi connectivity index (χ3n) is 4.10. The van der Waals surface area contributed by atoms with Crippen molar-refractivity contribution in [2.24, 2.45) is 0 Å². The van der Waals surface area contributed by atoms with Crippen molar-refractivity contribution < 1.29 is 17.7 Å². The molecular weight excluding hydrogens is 414 g/mol. The highest BCUT2D eigenvalue weighted by Gasteiger charge is 2.27. The molecule has 0 aliphatic heterocycles. The summed E-state index contributed by atoms with van der Waals surface area (Å²) in [5.41, 5.74) is 0.977. The number of sulfonamides is 1. The first kappa shape index (κ1) is 20.6. The molecule has 0 aliphatic rings. The van der Waals surface area contributed by atoms with Gasteiger partial charge < -0.3 is 9.84 Å². The van der Waals surface area contributed by atoms with E-state index in [0.717, 1.165) is 0 Å². The largest absolute Gasteiger partial charge is 0.359 e. The van der Waals surface area contributed by atoms with Gasteiger partial charge in [-0.2, -0.15) is 0 Å². The second-order valence-electron chi connectivity index (χ2n) is 6.06. The number of rotatable bonds is 7. The molecule has 0 saturated heterocycles. The lowest BCUT2D eigenvalue weighted by molar-refractivity contribution is 0.102. The molecular formula is C20H18ClN3O4S. The van der Waals surface area contributed by atoms with E-state index in [1.165, 1.54) is 34.8 Å². The number of aryl methyl sites for hydroxylation is 1. The van der Waals surface area contributed by atoms with Crippen LogP contribution in [0.25, 0.3) is 0 Å². The number of amides is 1. The number of anilines is 2. The van der Waals surface area contributed by atoms with E-state index in [9.17, 15) is 13.2 Å². The van der Waals surface area contributed by atoms with Gasteiger partial charge in [0.25, 0.3) is 15.9 Å². The topological polar surface area (TPSA) is 92.5 Å². The van der Waals surface area contributed by atoms with Gasteiger partial charge >= 0.3 is 0 Å². The van der Waals surface area contributed by atoms with E-state index in [1.807, 2.05) is 0 Å². The maximum atomic E-state index is 13.3. The summed E-state index contributed by atoms with van der Waals surface area (Å²) in [6, 6.07) is 12.6. The first-order valence-electron chi connectivity index (χ1n) is 8.55. The maximum Gasteiger partial charge on any atom is 0.266 e. The van der Waals surface area contributed by atoms with Crippen LogP contribution in [0.4, 0.5) is 11.4 Å². The normalized spacial score (nSPS) is 11.1. The van der Waals surface area contributed by atoms with Crippen LogP contribution >= 0.6 is 11.6 Å². The fraction of sp³-hybridized carbons (Fsp3) is 0.100. The van der Waals surface area contributed by atoms with Gasteiger partial charge in [-0.3, -0.25) is 9.10 Å². The van der Waals surface area contributed by atoms with Crippen molar-refractivity contribution in [3.8, 4) is 0 Å². The molecule has 0 bridgehead atoms. The summed E-state index contributed by atoms with van der Waals surface area (Å²) in [6.45, 7) is 5.32. The van der Waals surface area contributed by atoms with Gasteiger partial charge in [0.15, 0.2) is 5.76 Å². The standard InChI is InChI=1S/C20H18ClN3O4S/c1-3-11-24(16-7-5-4-6-8-16)29(26,27)19-12-15(9-10-17(19)21)20(25)23-18-13-22-28-14(18)2/h3-10,12-13H,1,11H2,2H3,(H,23,25). The summed E-state index contributed by atoms with van der Waals surface area (Å²) in [7, 11) is -4.05. The smallest absolute Gasteiger partial charge is 0.266 e. The van der Waals surface area contributed by atoms with E-state index in [4.69, 9.17) is 16.1 Å². The van der Waals surface area contributed by atoms with Crippen LogP contribution in [0.1, 0.15) is 16.1 Å². The number of para-hydroxylation sites is 1. The predicted octanol–water partition coefficient (Wildman–Crippen LogP) is 4.27. The highest BCUT2D eigenvalue weighted by molar-refractivity contribution is 7.93. The molecule has 29 heavy (non-hydrogen) atoms. The fourth-order valence-electron chi connectivity index (χ4n) is 2.63. The van der Waals surface area contributed by atoms with Crippen LogP contribution in [-0.4, -0.2) is 26.0 Å². The minimum atomic E-state index is -4.05. The van der Waals surface area contributed by atoms with Gasteiger partial charge in [-0.05, 0) is 37.3 Å². The molecule has 1 heterocycles. The Kier molecular flexibility index (Phi) is 6.05. The van der Waals surface area contributed by atoms with Crippen LogP contribution in [-0.2, 0) is 10.0 Å². The molecule has 0 unspecified atom stereocenters. The van der Waals surface area contributed by atoms with E-state index >= 15 is 0 Å². The highest BCUT2D eigenvalue weighted by atomic mass is 35.5. The average Bonchev–Trinajstić information content (AvgIpc) is 3.11.